The van der Waals surface area contributed by atoms with Crippen molar-refractivity contribution in [1.82, 2.24) is 5.32 Å². The number of halogens is 1. The van der Waals surface area contributed by atoms with Gasteiger partial charge in [-0.2, -0.15) is 0 Å². The molecule has 0 bridgehead atoms. The molecule has 0 unspecified atom stereocenters. The fraction of sp³-hybridized carbons (Fsp3) is 0.208. The molecule has 0 saturated carbocycles. The number of carbonyl (C=O) groups is 1. The first-order valence-corrected chi connectivity index (χ1v) is 9.94. The lowest BCUT2D eigenvalue weighted by Gasteiger charge is -2.16. The quantitative estimate of drug-likeness (QED) is 0.510. The smallest absolute Gasteiger partial charge is 0.251 e. The maximum Gasteiger partial charge on any atom is 0.251 e. The average Bonchev–Trinajstić information content (AvgIpc) is 2.74. The Hall–Kier alpha value is -2.98. The molecule has 1 atom stereocenters. The molecule has 3 aromatic rings. The van der Waals surface area contributed by atoms with E-state index in [0.29, 0.717) is 29.5 Å². The van der Waals surface area contributed by atoms with E-state index < -0.39 is 0 Å². The van der Waals surface area contributed by atoms with Crippen LogP contribution < -0.4 is 14.8 Å². The molecule has 3 aromatic carbocycles. The van der Waals surface area contributed by atoms with E-state index in [1.165, 1.54) is 0 Å². The second-order valence-corrected chi connectivity index (χ2v) is 7.04. The summed E-state index contributed by atoms with van der Waals surface area (Å²) in [5, 5.41) is 3.69. The molecule has 5 heteroatoms. The number of rotatable bonds is 8. The lowest BCUT2D eigenvalue weighted by Crippen LogP contribution is -2.26. The lowest BCUT2D eigenvalue weighted by atomic mass is 10.1. The zero-order valence-corrected chi connectivity index (χ0v) is 17.3. The van der Waals surface area contributed by atoms with E-state index in [-0.39, 0.29) is 11.9 Å². The third kappa shape index (κ3) is 5.75. The Labute approximate surface area is 176 Å². The second-order valence-electron chi connectivity index (χ2n) is 6.60. The minimum atomic E-state index is -0.156. The molecule has 0 aliphatic heterocycles. The van der Waals surface area contributed by atoms with E-state index in [1.54, 1.807) is 6.07 Å². The fourth-order valence-electron chi connectivity index (χ4n) is 2.92. The molecular weight excluding hydrogens is 386 g/mol. The zero-order valence-electron chi connectivity index (χ0n) is 16.5. The molecule has 0 spiro atoms. The van der Waals surface area contributed by atoms with Gasteiger partial charge in [0.15, 0.2) is 0 Å². The summed E-state index contributed by atoms with van der Waals surface area (Å²) in [5.41, 5.74) is 2.37. The van der Waals surface area contributed by atoms with E-state index in [9.17, 15) is 4.79 Å². The maximum absolute atomic E-state index is 12.8. The predicted octanol–water partition coefficient (Wildman–Crippen LogP) is 5.81. The molecular formula is C24H24ClNO3. The Balaban J connectivity index is 1.74. The number of ether oxygens (including phenoxy) is 2. The number of para-hydroxylation sites is 1. The summed E-state index contributed by atoms with van der Waals surface area (Å²) in [6.45, 7) is 4.72. The van der Waals surface area contributed by atoms with Crippen LogP contribution in [0.2, 0.25) is 5.02 Å². The Morgan fingerprint density at radius 1 is 1.00 bits per heavy atom. The van der Waals surface area contributed by atoms with Crippen LogP contribution in [0.25, 0.3) is 0 Å². The Kier molecular flexibility index (Phi) is 7.14. The first kappa shape index (κ1) is 20.7. The molecule has 29 heavy (non-hydrogen) atoms. The van der Waals surface area contributed by atoms with Gasteiger partial charge in [-0.05, 0) is 61.9 Å². The van der Waals surface area contributed by atoms with Crippen molar-refractivity contribution in [3.8, 4) is 11.5 Å². The van der Waals surface area contributed by atoms with E-state index >= 15 is 0 Å². The number of hydrogen-bond acceptors (Lipinski definition) is 3. The van der Waals surface area contributed by atoms with Gasteiger partial charge in [0.2, 0.25) is 0 Å². The fourth-order valence-corrected chi connectivity index (χ4v) is 3.05. The molecule has 4 nitrogen and oxygen atoms in total. The third-order valence-electron chi connectivity index (χ3n) is 4.48. The molecule has 150 valence electrons. The van der Waals surface area contributed by atoms with E-state index in [1.807, 2.05) is 80.6 Å². The molecule has 1 amide bonds. The number of benzene rings is 3. The summed E-state index contributed by atoms with van der Waals surface area (Å²) in [6, 6.07) is 22.3. The topological polar surface area (TPSA) is 47.6 Å². The van der Waals surface area contributed by atoms with Crippen LogP contribution in [0, 0.1) is 0 Å². The highest BCUT2D eigenvalue weighted by molar-refractivity contribution is 6.30. The van der Waals surface area contributed by atoms with Gasteiger partial charge < -0.3 is 14.8 Å². The van der Waals surface area contributed by atoms with Crippen molar-refractivity contribution in [2.45, 2.75) is 26.5 Å². The highest BCUT2D eigenvalue weighted by atomic mass is 35.5. The Morgan fingerprint density at radius 2 is 1.72 bits per heavy atom. The van der Waals surface area contributed by atoms with Gasteiger partial charge in [-0.15, -0.1) is 0 Å². The maximum atomic E-state index is 12.8. The number of nitrogens with one attached hydrogen (secondary N) is 1. The highest BCUT2D eigenvalue weighted by Gasteiger charge is 2.14. The van der Waals surface area contributed by atoms with Crippen molar-refractivity contribution < 1.29 is 14.3 Å². The van der Waals surface area contributed by atoms with Gasteiger partial charge in [0.1, 0.15) is 18.1 Å². The van der Waals surface area contributed by atoms with Crippen LogP contribution in [0.3, 0.4) is 0 Å². The second kappa shape index (κ2) is 9.99. The van der Waals surface area contributed by atoms with Gasteiger partial charge in [-0.1, -0.05) is 41.9 Å². The van der Waals surface area contributed by atoms with Gasteiger partial charge in [0.25, 0.3) is 5.91 Å². The van der Waals surface area contributed by atoms with Gasteiger partial charge in [-0.3, -0.25) is 4.79 Å². The molecule has 0 fully saturated rings. The van der Waals surface area contributed by atoms with Crippen molar-refractivity contribution >= 4 is 17.5 Å². The molecule has 0 aromatic heterocycles. The Morgan fingerprint density at radius 3 is 2.41 bits per heavy atom. The van der Waals surface area contributed by atoms with Crippen LogP contribution in [0.15, 0.2) is 72.8 Å². The highest BCUT2D eigenvalue weighted by Crippen LogP contribution is 2.23. The van der Waals surface area contributed by atoms with Gasteiger partial charge in [0, 0.05) is 16.1 Å². The summed E-state index contributed by atoms with van der Waals surface area (Å²) in [4.78, 5) is 12.8. The van der Waals surface area contributed by atoms with Gasteiger partial charge in [0.05, 0.1) is 12.6 Å². The molecule has 0 saturated heterocycles. The van der Waals surface area contributed by atoms with Crippen LogP contribution in [-0.4, -0.2) is 12.5 Å². The number of hydrogen-bond donors (Lipinski definition) is 1. The molecule has 0 heterocycles. The van der Waals surface area contributed by atoms with Crippen LogP contribution in [0.4, 0.5) is 0 Å². The van der Waals surface area contributed by atoms with E-state index in [4.69, 9.17) is 21.1 Å². The van der Waals surface area contributed by atoms with Crippen LogP contribution in [0.1, 0.15) is 41.4 Å². The van der Waals surface area contributed by atoms with Crippen LogP contribution >= 0.6 is 11.6 Å². The molecule has 0 aliphatic carbocycles. The minimum absolute atomic E-state index is 0.143. The van der Waals surface area contributed by atoms with Crippen molar-refractivity contribution in [2.75, 3.05) is 6.61 Å². The van der Waals surface area contributed by atoms with E-state index in [2.05, 4.69) is 5.32 Å². The van der Waals surface area contributed by atoms with Crippen molar-refractivity contribution in [2.24, 2.45) is 0 Å². The standard InChI is InChI=1S/C24H24ClNO3/c1-3-28-23-14-11-19(15-20(23)16-29-22-7-5-4-6-8-22)24(27)26-17(2)18-9-12-21(25)13-10-18/h4-15,17H,3,16H2,1-2H3,(H,26,27)/t17-/m0/s1. The van der Waals surface area contributed by atoms with Gasteiger partial charge in [-0.25, -0.2) is 0 Å². The first-order valence-electron chi connectivity index (χ1n) is 9.56. The van der Waals surface area contributed by atoms with Crippen LogP contribution in [0.5, 0.6) is 11.5 Å². The zero-order chi connectivity index (χ0) is 20.6. The normalized spacial score (nSPS) is 11.6. The third-order valence-corrected chi connectivity index (χ3v) is 4.73. The summed E-state index contributed by atoms with van der Waals surface area (Å²) in [7, 11) is 0. The summed E-state index contributed by atoms with van der Waals surface area (Å²) in [6.07, 6.45) is 0. The molecule has 1 N–H and O–H groups in total. The van der Waals surface area contributed by atoms with E-state index in [0.717, 1.165) is 16.9 Å². The monoisotopic (exact) mass is 409 g/mol. The van der Waals surface area contributed by atoms with Crippen molar-refractivity contribution in [3.63, 3.8) is 0 Å². The summed E-state index contributed by atoms with van der Waals surface area (Å²) >= 11 is 5.94. The summed E-state index contributed by atoms with van der Waals surface area (Å²) < 4.78 is 11.5. The molecule has 0 aliphatic rings. The number of carbonyl (C=O) groups excluding carboxylic acids is 1. The van der Waals surface area contributed by atoms with Gasteiger partial charge >= 0.3 is 0 Å². The predicted molar refractivity (Wildman–Crippen MR) is 116 cm³/mol. The lowest BCUT2D eigenvalue weighted by molar-refractivity contribution is 0.0939. The summed E-state index contributed by atoms with van der Waals surface area (Å²) in [5.74, 6) is 1.32. The SMILES string of the molecule is CCOc1ccc(C(=O)N[C@@H](C)c2ccc(Cl)cc2)cc1COc1ccccc1. The Bertz CT molecular complexity index is 942. The average molecular weight is 410 g/mol. The molecule has 0 radical (unpaired) electrons. The van der Waals surface area contributed by atoms with Crippen molar-refractivity contribution in [3.05, 3.63) is 94.5 Å². The minimum Gasteiger partial charge on any atom is -0.493 e. The van der Waals surface area contributed by atoms with Crippen molar-refractivity contribution in [1.29, 1.82) is 0 Å². The van der Waals surface area contributed by atoms with Crippen LogP contribution in [-0.2, 0) is 6.61 Å². The number of amides is 1. The molecule has 3 rings (SSSR count). The first-order chi connectivity index (χ1) is 14.1. The largest absolute Gasteiger partial charge is 0.493 e.